The highest BCUT2D eigenvalue weighted by atomic mass is 19.4. The van der Waals surface area contributed by atoms with Crippen molar-refractivity contribution in [2.24, 2.45) is 11.8 Å². The SMILES string of the molecule is CC(C)C1CCN(c2ccc(N)c(C(F)(F)F)c2)C1. The van der Waals surface area contributed by atoms with E-state index in [1.54, 1.807) is 6.07 Å². The van der Waals surface area contributed by atoms with Gasteiger partial charge in [-0.1, -0.05) is 13.8 Å². The first-order chi connectivity index (χ1) is 8.79. The van der Waals surface area contributed by atoms with Crippen molar-refractivity contribution in [3.63, 3.8) is 0 Å². The quantitative estimate of drug-likeness (QED) is 0.830. The second kappa shape index (κ2) is 4.94. The average Bonchev–Trinajstić information content (AvgIpc) is 2.77. The predicted molar refractivity (Wildman–Crippen MR) is 71.0 cm³/mol. The zero-order valence-electron chi connectivity index (χ0n) is 11.2. The molecular formula is C14H19F3N2. The third-order valence-electron chi connectivity index (χ3n) is 3.87. The van der Waals surface area contributed by atoms with E-state index in [-0.39, 0.29) is 5.69 Å². The maximum absolute atomic E-state index is 12.8. The fraction of sp³-hybridized carbons (Fsp3) is 0.571. The predicted octanol–water partition coefficient (Wildman–Crippen LogP) is 3.77. The van der Waals surface area contributed by atoms with Gasteiger partial charge in [0.15, 0.2) is 0 Å². The third-order valence-corrected chi connectivity index (χ3v) is 3.87. The number of benzene rings is 1. The van der Waals surface area contributed by atoms with E-state index in [2.05, 4.69) is 13.8 Å². The summed E-state index contributed by atoms with van der Waals surface area (Å²) in [6.45, 7) is 5.93. The number of halogens is 3. The Hall–Kier alpha value is -1.39. The molecule has 1 aromatic carbocycles. The summed E-state index contributed by atoms with van der Waals surface area (Å²) in [5.41, 5.74) is 5.08. The zero-order chi connectivity index (χ0) is 14.2. The Balaban J connectivity index is 2.23. The van der Waals surface area contributed by atoms with Gasteiger partial charge in [0.1, 0.15) is 0 Å². The van der Waals surface area contributed by atoms with Gasteiger partial charge in [0.2, 0.25) is 0 Å². The first-order valence-corrected chi connectivity index (χ1v) is 6.50. The van der Waals surface area contributed by atoms with Gasteiger partial charge in [0, 0.05) is 24.5 Å². The number of hydrogen-bond donors (Lipinski definition) is 1. The number of nitrogen functional groups attached to an aromatic ring is 1. The maximum Gasteiger partial charge on any atom is 0.418 e. The first-order valence-electron chi connectivity index (χ1n) is 6.50. The molecule has 2 rings (SSSR count). The van der Waals surface area contributed by atoms with E-state index in [1.165, 1.54) is 6.07 Å². The van der Waals surface area contributed by atoms with E-state index < -0.39 is 11.7 Å². The molecule has 1 atom stereocenters. The minimum absolute atomic E-state index is 0.212. The summed E-state index contributed by atoms with van der Waals surface area (Å²) in [5.74, 6) is 1.10. The Kier molecular flexibility index (Phi) is 3.65. The van der Waals surface area contributed by atoms with Crippen molar-refractivity contribution in [3.05, 3.63) is 23.8 Å². The van der Waals surface area contributed by atoms with Gasteiger partial charge in [-0.2, -0.15) is 13.2 Å². The highest BCUT2D eigenvalue weighted by Crippen LogP contribution is 2.37. The zero-order valence-corrected chi connectivity index (χ0v) is 11.2. The van der Waals surface area contributed by atoms with Gasteiger partial charge in [0.05, 0.1) is 5.56 Å². The van der Waals surface area contributed by atoms with E-state index in [0.717, 1.165) is 25.6 Å². The van der Waals surface area contributed by atoms with Crippen LogP contribution in [0.1, 0.15) is 25.8 Å². The van der Waals surface area contributed by atoms with Crippen LogP contribution in [0.25, 0.3) is 0 Å². The molecule has 1 aliphatic heterocycles. The number of hydrogen-bond acceptors (Lipinski definition) is 2. The molecule has 2 nitrogen and oxygen atoms in total. The molecule has 106 valence electrons. The second-order valence-corrected chi connectivity index (χ2v) is 5.51. The van der Waals surface area contributed by atoms with Crippen LogP contribution in [-0.4, -0.2) is 13.1 Å². The number of rotatable bonds is 2. The molecule has 0 aromatic heterocycles. The molecule has 0 bridgehead atoms. The highest BCUT2D eigenvalue weighted by molar-refractivity contribution is 5.60. The Morgan fingerprint density at radius 2 is 2.00 bits per heavy atom. The van der Waals surface area contributed by atoms with E-state index in [4.69, 9.17) is 5.73 Å². The monoisotopic (exact) mass is 272 g/mol. The number of alkyl halides is 3. The van der Waals surface area contributed by atoms with E-state index >= 15 is 0 Å². The molecule has 5 heteroatoms. The van der Waals surface area contributed by atoms with Crippen LogP contribution in [0.4, 0.5) is 24.5 Å². The van der Waals surface area contributed by atoms with Crippen LogP contribution in [0.2, 0.25) is 0 Å². The van der Waals surface area contributed by atoms with Gasteiger partial charge in [-0.25, -0.2) is 0 Å². The molecule has 1 heterocycles. The van der Waals surface area contributed by atoms with Crippen molar-refractivity contribution in [3.8, 4) is 0 Å². The lowest BCUT2D eigenvalue weighted by atomic mass is 9.95. The van der Waals surface area contributed by atoms with Gasteiger partial charge < -0.3 is 10.6 Å². The van der Waals surface area contributed by atoms with Crippen LogP contribution in [0.3, 0.4) is 0 Å². The van der Waals surface area contributed by atoms with Crippen LogP contribution in [-0.2, 0) is 6.18 Å². The van der Waals surface area contributed by atoms with E-state index in [1.807, 2.05) is 4.90 Å². The number of nitrogens with zero attached hydrogens (tertiary/aromatic N) is 1. The fourth-order valence-electron chi connectivity index (χ4n) is 2.55. The third kappa shape index (κ3) is 2.96. The number of anilines is 2. The van der Waals surface area contributed by atoms with Crippen molar-refractivity contribution < 1.29 is 13.2 Å². The smallest absolute Gasteiger partial charge is 0.398 e. The molecule has 0 saturated carbocycles. The summed E-state index contributed by atoms with van der Waals surface area (Å²) in [6.07, 6.45) is -3.36. The molecule has 0 spiro atoms. The van der Waals surface area contributed by atoms with Crippen molar-refractivity contribution >= 4 is 11.4 Å². The van der Waals surface area contributed by atoms with Gasteiger partial charge in [-0.15, -0.1) is 0 Å². The highest BCUT2D eigenvalue weighted by Gasteiger charge is 2.34. The Bertz CT molecular complexity index is 454. The largest absolute Gasteiger partial charge is 0.418 e. The van der Waals surface area contributed by atoms with Crippen LogP contribution in [0, 0.1) is 11.8 Å². The molecular weight excluding hydrogens is 253 g/mol. The van der Waals surface area contributed by atoms with Crippen LogP contribution in [0.5, 0.6) is 0 Å². The Labute approximate surface area is 111 Å². The molecule has 1 aliphatic rings. The number of nitrogens with two attached hydrogens (primary N) is 1. The molecule has 19 heavy (non-hydrogen) atoms. The van der Waals surface area contributed by atoms with Crippen molar-refractivity contribution in [2.75, 3.05) is 23.7 Å². The van der Waals surface area contributed by atoms with Crippen LogP contribution in [0.15, 0.2) is 18.2 Å². The molecule has 1 saturated heterocycles. The molecule has 1 unspecified atom stereocenters. The summed E-state index contributed by atoms with van der Waals surface area (Å²) >= 11 is 0. The summed E-state index contributed by atoms with van der Waals surface area (Å²) in [6, 6.07) is 4.19. The molecule has 1 aromatic rings. The van der Waals surface area contributed by atoms with Gasteiger partial charge in [-0.3, -0.25) is 0 Å². The van der Waals surface area contributed by atoms with E-state index in [9.17, 15) is 13.2 Å². The molecule has 0 amide bonds. The Morgan fingerprint density at radius 1 is 1.32 bits per heavy atom. The van der Waals surface area contributed by atoms with Crippen LogP contribution >= 0.6 is 0 Å². The summed E-state index contributed by atoms with van der Waals surface area (Å²) in [5, 5.41) is 0. The summed E-state index contributed by atoms with van der Waals surface area (Å²) < 4.78 is 38.5. The minimum Gasteiger partial charge on any atom is -0.398 e. The second-order valence-electron chi connectivity index (χ2n) is 5.51. The fourth-order valence-corrected chi connectivity index (χ4v) is 2.55. The topological polar surface area (TPSA) is 29.3 Å². The molecule has 1 fully saturated rings. The van der Waals surface area contributed by atoms with Crippen molar-refractivity contribution in [2.45, 2.75) is 26.4 Å². The van der Waals surface area contributed by atoms with Gasteiger partial charge in [0.25, 0.3) is 0 Å². The molecule has 2 N–H and O–H groups in total. The lowest BCUT2D eigenvalue weighted by molar-refractivity contribution is -0.136. The molecule has 0 aliphatic carbocycles. The van der Waals surface area contributed by atoms with Crippen molar-refractivity contribution in [1.82, 2.24) is 0 Å². The van der Waals surface area contributed by atoms with Gasteiger partial charge in [-0.05, 0) is 36.5 Å². The Morgan fingerprint density at radius 3 is 2.53 bits per heavy atom. The first kappa shape index (κ1) is 14.0. The van der Waals surface area contributed by atoms with E-state index in [0.29, 0.717) is 17.5 Å². The lowest BCUT2D eigenvalue weighted by Crippen LogP contribution is -2.22. The standard InChI is InChI=1S/C14H19F3N2/c1-9(2)10-5-6-19(8-10)11-3-4-13(18)12(7-11)14(15,16)17/h3-4,7,9-10H,5-6,8,18H2,1-2H3. The summed E-state index contributed by atoms with van der Waals surface area (Å²) in [4.78, 5) is 2.01. The lowest BCUT2D eigenvalue weighted by Gasteiger charge is -2.22. The summed E-state index contributed by atoms with van der Waals surface area (Å²) in [7, 11) is 0. The van der Waals surface area contributed by atoms with Gasteiger partial charge >= 0.3 is 6.18 Å². The van der Waals surface area contributed by atoms with Crippen LogP contribution < -0.4 is 10.6 Å². The maximum atomic E-state index is 12.8. The minimum atomic E-state index is -4.39. The van der Waals surface area contributed by atoms with Crippen molar-refractivity contribution in [1.29, 1.82) is 0 Å². The molecule has 0 radical (unpaired) electrons. The average molecular weight is 272 g/mol. The normalized spacial score (nSPS) is 20.3.